The number of aliphatic imine (C=N–C) groups is 1. The van der Waals surface area contributed by atoms with Crippen molar-refractivity contribution < 1.29 is 13.2 Å². The molecule has 164 valence electrons. The van der Waals surface area contributed by atoms with Gasteiger partial charge in [-0.3, -0.25) is 4.99 Å². The first-order chi connectivity index (χ1) is 14.1. The van der Waals surface area contributed by atoms with Gasteiger partial charge in [0.05, 0.1) is 17.3 Å². The molecule has 0 saturated carbocycles. The lowest BCUT2D eigenvalue weighted by molar-refractivity contribution is 0.357. The molecule has 2 aromatic rings. The highest BCUT2D eigenvalue weighted by Gasteiger charge is 2.13. The van der Waals surface area contributed by atoms with Crippen molar-refractivity contribution in [3.63, 3.8) is 0 Å². The minimum atomic E-state index is -3.25. The van der Waals surface area contributed by atoms with Crippen LogP contribution in [0.4, 0.5) is 0 Å². The zero-order chi connectivity index (χ0) is 20.5. The van der Waals surface area contributed by atoms with Gasteiger partial charge in [0.25, 0.3) is 0 Å². The van der Waals surface area contributed by atoms with Gasteiger partial charge in [0.15, 0.2) is 15.8 Å². The number of fused-ring (bicyclic) bond motifs is 1. The van der Waals surface area contributed by atoms with Gasteiger partial charge in [-0.05, 0) is 49.1 Å². The van der Waals surface area contributed by atoms with Crippen molar-refractivity contribution in [2.24, 2.45) is 4.99 Å². The zero-order valence-electron chi connectivity index (χ0n) is 17.3. The summed E-state index contributed by atoms with van der Waals surface area (Å²) in [6.45, 7) is 4.75. The zero-order valence-corrected chi connectivity index (χ0v) is 20.4. The molecule has 1 aliphatic heterocycles. The molecule has 0 fully saturated rings. The van der Waals surface area contributed by atoms with Crippen molar-refractivity contribution in [3.8, 4) is 5.75 Å². The molecule has 0 saturated heterocycles. The monoisotopic (exact) mass is 543 g/mol. The van der Waals surface area contributed by atoms with Gasteiger partial charge < -0.3 is 15.4 Å². The molecule has 0 aromatic heterocycles. The minimum Gasteiger partial charge on any atom is -0.493 e. The third-order valence-electron chi connectivity index (χ3n) is 4.75. The standard InChI is InChI=1S/C22H29N3O3S.HI/c1-2-23-22(24-13-6-16-29(26,27)20-7-4-3-5-8-20)25-14-11-18-9-10-21-19(17-18)12-15-28-21;/h3-5,7-10,17H,2,6,11-16H2,1H3,(H2,23,24,25);1H. The van der Waals surface area contributed by atoms with Crippen LogP contribution in [0.1, 0.15) is 24.5 Å². The van der Waals surface area contributed by atoms with E-state index in [0.717, 1.165) is 38.3 Å². The molecule has 3 rings (SSSR count). The molecule has 0 aliphatic carbocycles. The van der Waals surface area contributed by atoms with E-state index in [1.165, 1.54) is 11.1 Å². The number of rotatable bonds is 9. The fourth-order valence-corrected chi connectivity index (χ4v) is 4.57. The lowest BCUT2D eigenvalue weighted by atomic mass is 10.1. The molecule has 30 heavy (non-hydrogen) atoms. The van der Waals surface area contributed by atoms with Gasteiger partial charge in [-0.15, -0.1) is 24.0 Å². The summed E-state index contributed by atoms with van der Waals surface area (Å²) in [7, 11) is -3.25. The third-order valence-corrected chi connectivity index (χ3v) is 6.56. The summed E-state index contributed by atoms with van der Waals surface area (Å²) in [5, 5.41) is 6.53. The van der Waals surface area contributed by atoms with Crippen molar-refractivity contribution in [3.05, 3.63) is 59.7 Å². The van der Waals surface area contributed by atoms with Crippen molar-refractivity contribution in [1.82, 2.24) is 10.6 Å². The van der Waals surface area contributed by atoms with Crippen molar-refractivity contribution >= 4 is 39.8 Å². The molecule has 1 heterocycles. The Bertz CT molecular complexity index is 934. The second-order valence-corrected chi connectivity index (χ2v) is 9.07. The summed E-state index contributed by atoms with van der Waals surface area (Å²) >= 11 is 0. The molecule has 0 amide bonds. The molecule has 0 unspecified atom stereocenters. The summed E-state index contributed by atoms with van der Waals surface area (Å²) in [5.74, 6) is 1.81. The number of nitrogens with one attached hydrogen (secondary N) is 2. The number of sulfone groups is 1. The van der Waals surface area contributed by atoms with E-state index in [0.29, 0.717) is 23.8 Å². The average Bonchev–Trinajstić information content (AvgIpc) is 3.20. The van der Waals surface area contributed by atoms with Gasteiger partial charge >= 0.3 is 0 Å². The quantitative estimate of drug-likeness (QED) is 0.220. The Morgan fingerprint density at radius 3 is 2.70 bits per heavy atom. The first-order valence-corrected chi connectivity index (χ1v) is 11.8. The molecule has 2 N–H and O–H groups in total. The van der Waals surface area contributed by atoms with Gasteiger partial charge in [0.2, 0.25) is 0 Å². The molecule has 2 aromatic carbocycles. The SMILES string of the molecule is CCNC(=NCCCS(=O)(=O)c1ccccc1)NCCc1ccc2c(c1)CCO2.I. The van der Waals surface area contributed by atoms with E-state index < -0.39 is 9.84 Å². The van der Waals surface area contributed by atoms with Crippen LogP contribution in [0.15, 0.2) is 58.4 Å². The lowest BCUT2D eigenvalue weighted by Gasteiger charge is -2.12. The maximum Gasteiger partial charge on any atom is 0.191 e. The van der Waals surface area contributed by atoms with Gasteiger partial charge in [-0.25, -0.2) is 8.42 Å². The highest BCUT2D eigenvalue weighted by molar-refractivity contribution is 14.0. The third kappa shape index (κ3) is 7.16. The number of hydrogen-bond donors (Lipinski definition) is 2. The first kappa shape index (κ1) is 24.5. The molecule has 0 radical (unpaired) electrons. The van der Waals surface area contributed by atoms with E-state index in [1.54, 1.807) is 24.3 Å². The molecule has 0 bridgehead atoms. The van der Waals surface area contributed by atoms with Crippen LogP contribution in [0.3, 0.4) is 0 Å². The van der Waals surface area contributed by atoms with Crippen LogP contribution in [0, 0.1) is 0 Å². The Hall–Kier alpha value is -1.81. The van der Waals surface area contributed by atoms with Crippen LogP contribution >= 0.6 is 24.0 Å². The van der Waals surface area contributed by atoms with Gasteiger partial charge in [-0.1, -0.05) is 30.3 Å². The molecular weight excluding hydrogens is 513 g/mol. The average molecular weight is 543 g/mol. The Morgan fingerprint density at radius 2 is 1.93 bits per heavy atom. The predicted octanol–water partition coefficient (Wildman–Crippen LogP) is 3.20. The van der Waals surface area contributed by atoms with E-state index in [4.69, 9.17) is 4.74 Å². The van der Waals surface area contributed by atoms with Crippen LogP contribution < -0.4 is 15.4 Å². The van der Waals surface area contributed by atoms with Gasteiger partial charge in [0, 0.05) is 26.1 Å². The number of hydrogen-bond acceptors (Lipinski definition) is 4. The first-order valence-electron chi connectivity index (χ1n) is 10.1. The van der Waals surface area contributed by atoms with Crippen LogP contribution in [0.25, 0.3) is 0 Å². The molecular formula is C22H30IN3O3S. The summed E-state index contributed by atoms with van der Waals surface area (Å²) in [6.07, 6.45) is 2.35. The Balaban J connectivity index is 0.00000320. The number of benzene rings is 2. The smallest absolute Gasteiger partial charge is 0.191 e. The maximum absolute atomic E-state index is 12.3. The molecule has 1 aliphatic rings. The van der Waals surface area contributed by atoms with Crippen LogP contribution in [0.2, 0.25) is 0 Å². The van der Waals surface area contributed by atoms with E-state index >= 15 is 0 Å². The summed E-state index contributed by atoms with van der Waals surface area (Å²) in [6, 6.07) is 14.9. The molecule has 0 spiro atoms. The topological polar surface area (TPSA) is 79.8 Å². The lowest BCUT2D eigenvalue weighted by Crippen LogP contribution is -2.38. The van der Waals surface area contributed by atoms with Crippen LogP contribution in [-0.2, 0) is 22.7 Å². The number of nitrogens with zero attached hydrogens (tertiary/aromatic N) is 1. The second-order valence-electron chi connectivity index (χ2n) is 6.96. The largest absolute Gasteiger partial charge is 0.493 e. The fraction of sp³-hybridized carbons (Fsp3) is 0.409. The second kappa shape index (κ2) is 12.1. The van der Waals surface area contributed by atoms with E-state index in [1.807, 2.05) is 19.1 Å². The normalized spacial score (nSPS) is 13.2. The fourth-order valence-electron chi connectivity index (χ4n) is 3.25. The van der Waals surface area contributed by atoms with Gasteiger partial charge in [0.1, 0.15) is 5.75 Å². The molecule has 6 nitrogen and oxygen atoms in total. The van der Waals surface area contributed by atoms with Crippen LogP contribution in [-0.4, -0.2) is 46.4 Å². The number of ether oxygens (including phenoxy) is 1. The van der Waals surface area contributed by atoms with E-state index in [-0.39, 0.29) is 29.7 Å². The van der Waals surface area contributed by atoms with E-state index in [2.05, 4.69) is 27.8 Å². The predicted molar refractivity (Wildman–Crippen MR) is 132 cm³/mol. The highest BCUT2D eigenvalue weighted by atomic mass is 127. The van der Waals surface area contributed by atoms with E-state index in [9.17, 15) is 8.42 Å². The Morgan fingerprint density at radius 1 is 1.13 bits per heavy atom. The molecule has 8 heteroatoms. The Labute approximate surface area is 196 Å². The number of guanidine groups is 1. The summed E-state index contributed by atoms with van der Waals surface area (Å²) in [5.41, 5.74) is 2.55. The highest BCUT2D eigenvalue weighted by Crippen LogP contribution is 2.25. The van der Waals surface area contributed by atoms with Crippen LogP contribution in [0.5, 0.6) is 5.75 Å². The van der Waals surface area contributed by atoms with Crippen molar-refractivity contribution in [2.45, 2.75) is 31.1 Å². The Kier molecular flexibility index (Phi) is 9.90. The molecule has 0 atom stereocenters. The van der Waals surface area contributed by atoms with Gasteiger partial charge in [-0.2, -0.15) is 0 Å². The number of halogens is 1. The summed E-state index contributed by atoms with van der Waals surface area (Å²) < 4.78 is 30.2. The minimum absolute atomic E-state index is 0. The van der Waals surface area contributed by atoms with Crippen molar-refractivity contribution in [1.29, 1.82) is 0 Å². The maximum atomic E-state index is 12.3. The van der Waals surface area contributed by atoms with Crippen molar-refractivity contribution in [2.75, 3.05) is 32.0 Å². The summed E-state index contributed by atoms with van der Waals surface area (Å²) in [4.78, 5) is 4.88.